The molecule has 1 aliphatic carbocycles. The van der Waals surface area contributed by atoms with Crippen LogP contribution in [0, 0.1) is 35.5 Å². The van der Waals surface area contributed by atoms with Crippen molar-refractivity contribution in [3.8, 4) is 29.0 Å². The second kappa shape index (κ2) is 11.8. The van der Waals surface area contributed by atoms with E-state index in [2.05, 4.69) is 51.5 Å². The summed E-state index contributed by atoms with van der Waals surface area (Å²) in [5.74, 6) is 5.89. The van der Waals surface area contributed by atoms with Crippen LogP contribution in [0.15, 0.2) is 52.9 Å². The number of nitriles is 1. The molecule has 0 bridgehead atoms. The molecule has 1 saturated heterocycles. The second-order valence-corrected chi connectivity index (χ2v) is 14.1. The van der Waals surface area contributed by atoms with Gasteiger partial charge in [-0.25, -0.2) is 9.78 Å². The van der Waals surface area contributed by atoms with Crippen LogP contribution < -0.4 is 10.5 Å². The third kappa shape index (κ3) is 5.53. The van der Waals surface area contributed by atoms with E-state index in [0.717, 1.165) is 42.0 Å². The van der Waals surface area contributed by atoms with E-state index in [9.17, 15) is 20.0 Å². The maximum Gasteiger partial charge on any atom is 0.338 e. The fraction of sp³-hybridized carbons (Fsp3) is 0.306. The van der Waals surface area contributed by atoms with Crippen molar-refractivity contribution in [2.24, 2.45) is 5.41 Å². The van der Waals surface area contributed by atoms with Crippen molar-refractivity contribution in [3.63, 3.8) is 0 Å². The molecule has 1 atom stereocenters. The molecule has 0 radical (unpaired) electrons. The van der Waals surface area contributed by atoms with Crippen molar-refractivity contribution in [1.82, 2.24) is 19.4 Å². The maximum atomic E-state index is 14.0. The van der Waals surface area contributed by atoms with Crippen molar-refractivity contribution in [2.75, 3.05) is 31.1 Å². The Morgan fingerprint density at radius 3 is 2.62 bits per heavy atom. The highest BCUT2D eigenvalue weighted by Crippen LogP contribution is 2.48. The number of aryl methyl sites for hydroxylation is 1. The van der Waals surface area contributed by atoms with Gasteiger partial charge in [-0.2, -0.15) is 5.26 Å². The maximum absolute atomic E-state index is 14.0. The molecule has 1 unspecified atom stereocenters. The number of fused-ring (bicyclic) bond motifs is 2. The number of hydrogen-bond acceptors (Lipinski definition) is 8. The number of hydrogen-bond donors (Lipinski definition) is 1. The Morgan fingerprint density at radius 2 is 1.91 bits per heavy atom. The van der Waals surface area contributed by atoms with Crippen LogP contribution in [0.4, 0.5) is 5.82 Å². The molecular weight excluding hydrogens is 632 g/mol. The molecule has 7 rings (SSSR count). The number of rotatable bonds is 5. The lowest BCUT2D eigenvalue weighted by Gasteiger charge is -2.36. The minimum atomic E-state index is -1.04. The van der Waals surface area contributed by atoms with Gasteiger partial charge in [0.25, 0.3) is 5.56 Å². The van der Waals surface area contributed by atoms with Crippen LogP contribution in [0.5, 0.6) is 0 Å². The average molecular weight is 663 g/mol. The second-order valence-electron chi connectivity index (χ2n) is 12.8. The van der Waals surface area contributed by atoms with Crippen LogP contribution in [0.25, 0.3) is 32.1 Å². The lowest BCUT2D eigenvalue weighted by Crippen LogP contribution is -2.48. The highest BCUT2D eigenvalue weighted by Gasteiger charge is 2.49. The van der Waals surface area contributed by atoms with Crippen molar-refractivity contribution >= 4 is 55.7 Å². The Labute approximate surface area is 280 Å². The quantitative estimate of drug-likeness (QED) is 0.222. The topological polar surface area (TPSA) is 115 Å². The Kier molecular flexibility index (Phi) is 7.76. The number of carbonyl (C=O) groups is 1. The molecule has 1 aromatic carbocycles. The largest absolute Gasteiger partial charge is 0.478 e. The molecule has 5 heterocycles. The Bertz CT molecular complexity index is 2270. The highest BCUT2D eigenvalue weighted by atomic mass is 35.5. The summed E-state index contributed by atoms with van der Waals surface area (Å²) in [6, 6.07) is 12.0. The fourth-order valence-electron chi connectivity index (χ4n) is 6.66. The molecule has 11 heteroatoms. The van der Waals surface area contributed by atoms with Crippen LogP contribution in [0.3, 0.4) is 0 Å². The van der Waals surface area contributed by atoms with Gasteiger partial charge in [0, 0.05) is 82.8 Å². The van der Waals surface area contributed by atoms with E-state index >= 15 is 0 Å². The number of thiophene rings is 1. The van der Waals surface area contributed by atoms with Gasteiger partial charge in [-0.15, -0.1) is 11.3 Å². The molecular formula is C36H31ClN6O3S. The fourth-order valence-corrected chi connectivity index (χ4v) is 7.86. The summed E-state index contributed by atoms with van der Waals surface area (Å²) < 4.78 is 2.31. The predicted molar refractivity (Wildman–Crippen MR) is 185 cm³/mol. The third-order valence-corrected chi connectivity index (χ3v) is 10.6. The summed E-state index contributed by atoms with van der Waals surface area (Å²) in [6.07, 6.45) is 4.49. The average Bonchev–Trinajstić information content (AvgIpc) is 3.47. The number of aromatic carboxylic acids is 1. The molecule has 9 nitrogen and oxygen atoms in total. The smallest absolute Gasteiger partial charge is 0.338 e. The van der Waals surface area contributed by atoms with Crippen LogP contribution in [0.1, 0.15) is 47.4 Å². The van der Waals surface area contributed by atoms with E-state index in [1.165, 1.54) is 17.8 Å². The number of nitrogens with zero attached hydrogens (tertiary/aromatic N) is 6. The number of carboxylic acids is 1. The Balaban J connectivity index is 1.21. The molecule has 2 fully saturated rings. The van der Waals surface area contributed by atoms with Gasteiger partial charge in [0.15, 0.2) is 0 Å². The zero-order valence-corrected chi connectivity index (χ0v) is 27.7. The molecule has 1 saturated carbocycles. The van der Waals surface area contributed by atoms with Crippen LogP contribution in [0.2, 0.25) is 5.02 Å². The number of halogens is 1. The first-order valence-corrected chi connectivity index (χ1v) is 16.6. The van der Waals surface area contributed by atoms with E-state index in [1.807, 2.05) is 25.1 Å². The summed E-state index contributed by atoms with van der Waals surface area (Å²) in [5.41, 5.74) is 3.85. The Hall–Kier alpha value is -4.74. The minimum Gasteiger partial charge on any atom is -0.478 e. The van der Waals surface area contributed by atoms with E-state index in [-0.39, 0.29) is 17.7 Å². The number of carboxylic acid groups (broad SMARTS) is 1. The van der Waals surface area contributed by atoms with Gasteiger partial charge in [0.05, 0.1) is 27.7 Å². The van der Waals surface area contributed by atoms with Crippen molar-refractivity contribution in [1.29, 1.82) is 5.26 Å². The predicted octanol–water partition coefficient (Wildman–Crippen LogP) is 6.18. The van der Waals surface area contributed by atoms with Gasteiger partial charge < -0.3 is 14.6 Å². The zero-order chi connectivity index (χ0) is 33.0. The van der Waals surface area contributed by atoms with Crippen LogP contribution in [-0.4, -0.2) is 62.7 Å². The highest BCUT2D eigenvalue weighted by molar-refractivity contribution is 7.18. The van der Waals surface area contributed by atoms with Gasteiger partial charge in [-0.3, -0.25) is 14.7 Å². The summed E-state index contributed by atoms with van der Waals surface area (Å²) in [5, 5.41) is 23.0. The molecule has 4 aromatic heterocycles. The van der Waals surface area contributed by atoms with Crippen molar-refractivity contribution < 1.29 is 9.90 Å². The number of pyridine rings is 3. The molecule has 1 N–H and O–H groups in total. The number of benzene rings is 1. The number of piperazine rings is 1. The molecule has 0 spiro atoms. The summed E-state index contributed by atoms with van der Waals surface area (Å²) >= 11 is 7.70. The van der Waals surface area contributed by atoms with Gasteiger partial charge >= 0.3 is 5.97 Å². The van der Waals surface area contributed by atoms with Gasteiger partial charge in [-0.05, 0) is 49.1 Å². The third-order valence-electron chi connectivity index (χ3n) is 9.38. The first-order chi connectivity index (χ1) is 22.6. The molecule has 1 aliphatic heterocycles. The molecule has 47 heavy (non-hydrogen) atoms. The normalized spacial score (nSPS) is 17.3. The molecule has 5 aromatic rings. The van der Waals surface area contributed by atoms with Crippen LogP contribution in [-0.2, 0) is 6.54 Å². The van der Waals surface area contributed by atoms with E-state index in [1.54, 1.807) is 34.5 Å². The zero-order valence-electron chi connectivity index (χ0n) is 26.2. The molecule has 2 aliphatic rings. The van der Waals surface area contributed by atoms with Gasteiger partial charge in [0.2, 0.25) is 0 Å². The number of anilines is 1. The van der Waals surface area contributed by atoms with Crippen LogP contribution >= 0.6 is 22.9 Å². The Morgan fingerprint density at radius 1 is 1.15 bits per heavy atom. The molecule has 0 amide bonds. The summed E-state index contributed by atoms with van der Waals surface area (Å²) in [6.45, 7) is 9.86. The van der Waals surface area contributed by atoms with Gasteiger partial charge in [0.1, 0.15) is 17.5 Å². The monoisotopic (exact) mass is 662 g/mol. The molecule has 236 valence electrons. The van der Waals surface area contributed by atoms with E-state index in [4.69, 9.17) is 11.6 Å². The summed E-state index contributed by atoms with van der Waals surface area (Å²) in [7, 11) is 0. The number of aromatic nitrogens is 3. The standard InChI is InChI=1S/C36H31ClN6O3S/c1-21-15-23-19-40-33(42-13-11-41(12-14-42)29-17-36(29,2)3)27(18-38)30(23)34(44)43(21)10-4-5-22-6-7-24(37)16-26(22)25-8-9-39-31-28(35(45)46)20-47-32(25)31/h6-9,15-16,19-20,29H,10-14,17H2,1-3H3,(H,45,46). The van der Waals surface area contributed by atoms with E-state index in [0.29, 0.717) is 55.4 Å². The van der Waals surface area contributed by atoms with E-state index < -0.39 is 5.97 Å². The lowest BCUT2D eigenvalue weighted by molar-refractivity contribution is 0.0699. The van der Waals surface area contributed by atoms with Gasteiger partial charge in [-0.1, -0.05) is 37.3 Å². The minimum absolute atomic E-state index is 0.106. The van der Waals surface area contributed by atoms with Crippen molar-refractivity contribution in [3.05, 3.63) is 85.9 Å². The summed E-state index contributed by atoms with van der Waals surface area (Å²) in [4.78, 5) is 39.3. The SMILES string of the molecule is Cc1cc2cnc(N3CCN(C4CC4(C)C)CC3)c(C#N)c2c(=O)n1CC#Cc1ccc(Cl)cc1-c1ccnc2c(C(=O)O)csc12. The van der Waals surface area contributed by atoms with Crippen molar-refractivity contribution in [2.45, 2.75) is 39.8 Å². The first kappa shape index (κ1) is 30.9. The lowest BCUT2D eigenvalue weighted by atomic mass is 10.00. The first-order valence-electron chi connectivity index (χ1n) is 15.4.